The Morgan fingerprint density at radius 1 is 1.32 bits per heavy atom. The minimum absolute atomic E-state index is 0.303. The molecular weight excluding hydrogens is 262 g/mol. The van der Waals surface area contributed by atoms with E-state index in [9.17, 15) is 8.42 Å². The Hall–Kier alpha value is -1.17. The van der Waals surface area contributed by atoms with E-state index in [-0.39, 0.29) is 0 Å². The second kappa shape index (κ2) is 5.86. The number of benzene rings is 1. The third kappa shape index (κ3) is 3.23. The van der Waals surface area contributed by atoms with Gasteiger partial charge in [-0.3, -0.25) is 0 Å². The molecule has 0 aromatic heterocycles. The molecule has 2 rings (SSSR count). The Morgan fingerprint density at radius 3 is 2.63 bits per heavy atom. The molecule has 0 amide bonds. The second-order valence-corrected chi connectivity index (χ2v) is 6.82. The van der Waals surface area contributed by atoms with Crippen LogP contribution in [0.5, 0.6) is 0 Å². The van der Waals surface area contributed by atoms with E-state index < -0.39 is 16.3 Å². The largest absolute Gasteiger partial charge is 0.358 e. The molecule has 1 aromatic rings. The molecule has 19 heavy (non-hydrogen) atoms. The van der Waals surface area contributed by atoms with E-state index in [1.54, 1.807) is 36.4 Å². The Kier molecular flexibility index (Phi) is 4.39. The van der Waals surface area contributed by atoms with Crippen molar-refractivity contribution in [3.05, 3.63) is 42.5 Å². The van der Waals surface area contributed by atoms with E-state index in [1.165, 1.54) is 4.31 Å². The summed E-state index contributed by atoms with van der Waals surface area (Å²) in [5.41, 5.74) is 0. The van der Waals surface area contributed by atoms with E-state index >= 15 is 0 Å². The molecule has 1 unspecified atom stereocenters. The Bertz CT molecular complexity index is 537. The molecule has 0 spiro atoms. The fourth-order valence-electron chi connectivity index (χ4n) is 1.87. The lowest BCUT2D eigenvalue weighted by atomic mass is 10.2. The average molecular weight is 281 g/mol. The fourth-order valence-corrected chi connectivity index (χ4v) is 3.33. The summed E-state index contributed by atoms with van der Waals surface area (Å²) in [7, 11) is -3.49. The minimum atomic E-state index is -3.49. The van der Waals surface area contributed by atoms with Crippen LogP contribution in [0.25, 0.3) is 0 Å². The van der Waals surface area contributed by atoms with E-state index in [2.05, 4.69) is 0 Å². The molecule has 1 atom stereocenters. The van der Waals surface area contributed by atoms with Crippen molar-refractivity contribution >= 4 is 10.0 Å². The zero-order valence-electron chi connectivity index (χ0n) is 11.2. The van der Waals surface area contributed by atoms with Crippen LogP contribution in [0.4, 0.5) is 0 Å². The molecule has 0 saturated carbocycles. The molecule has 5 heteroatoms. The first-order valence-corrected chi connectivity index (χ1v) is 7.81. The Morgan fingerprint density at radius 2 is 2.00 bits per heavy atom. The Labute approximate surface area is 114 Å². The highest BCUT2D eigenvalue weighted by molar-refractivity contribution is 7.89. The molecule has 104 valence electrons. The summed E-state index contributed by atoms with van der Waals surface area (Å²) in [6.45, 7) is 4.97. The van der Waals surface area contributed by atoms with Gasteiger partial charge in [-0.15, -0.1) is 0 Å². The summed E-state index contributed by atoms with van der Waals surface area (Å²) < 4.78 is 32.0. The molecule has 0 aliphatic carbocycles. The Balaban J connectivity index is 2.17. The first-order valence-electron chi connectivity index (χ1n) is 6.37. The number of ether oxygens (including phenoxy) is 1. The molecule has 0 N–H and O–H groups in total. The van der Waals surface area contributed by atoms with Gasteiger partial charge in [0.15, 0.2) is 0 Å². The molecule has 1 aliphatic rings. The lowest BCUT2D eigenvalue weighted by molar-refractivity contribution is 0.0113. The van der Waals surface area contributed by atoms with Gasteiger partial charge in [-0.25, -0.2) is 8.42 Å². The molecule has 4 nitrogen and oxygen atoms in total. The van der Waals surface area contributed by atoms with Gasteiger partial charge in [-0.1, -0.05) is 38.1 Å². The SMILES string of the molecule is CC(C)COC1C=CCN1S(=O)(=O)c1ccccc1. The van der Waals surface area contributed by atoms with Gasteiger partial charge in [0, 0.05) is 6.54 Å². The quantitative estimate of drug-likeness (QED) is 0.778. The molecule has 0 saturated heterocycles. The monoisotopic (exact) mass is 281 g/mol. The molecule has 1 heterocycles. The van der Waals surface area contributed by atoms with Gasteiger partial charge in [0.2, 0.25) is 10.0 Å². The molecule has 1 aliphatic heterocycles. The summed E-state index contributed by atoms with van der Waals surface area (Å²) in [5.74, 6) is 0.371. The normalized spacial score (nSPS) is 20.3. The van der Waals surface area contributed by atoms with Crippen molar-refractivity contribution in [1.29, 1.82) is 0 Å². The van der Waals surface area contributed by atoms with Gasteiger partial charge in [-0.2, -0.15) is 4.31 Å². The van der Waals surface area contributed by atoms with Crippen LogP contribution < -0.4 is 0 Å². The summed E-state index contributed by atoms with van der Waals surface area (Å²) >= 11 is 0. The van der Waals surface area contributed by atoms with Gasteiger partial charge < -0.3 is 4.74 Å². The topological polar surface area (TPSA) is 46.6 Å². The second-order valence-electron chi connectivity index (χ2n) is 4.93. The predicted molar refractivity (Wildman–Crippen MR) is 74.1 cm³/mol. The summed E-state index contributed by atoms with van der Waals surface area (Å²) in [6.07, 6.45) is 3.13. The number of hydrogen-bond acceptors (Lipinski definition) is 3. The lowest BCUT2D eigenvalue weighted by Gasteiger charge is -2.24. The van der Waals surface area contributed by atoms with Crippen molar-refractivity contribution in [1.82, 2.24) is 4.31 Å². The molecule has 0 radical (unpaired) electrons. The van der Waals surface area contributed by atoms with Crippen LogP contribution in [-0.4, -0.2) is 32.1 Å². The van der Waals surface area contributed by atoms with Crippen molar-refractivity contribution < 1.29 is 13.2 Å². The maximum Gasteiger partial charge on any atom is 0.245 e. The molecule has 0 fully saturated rings. The van der Waals surface area contributed by atoms with Gasteiger partial charge in [0.1, 0.15) is 6.23 Å². The molecular formula is C14H19NO3S. The first kappa shape index (κ1) is 14.2. The highest BCUT2D eigenvalue weighted by Crippen LogP contribution is 2.22. The lowest BCUT2D eigenvalue weighted by Crippen LogP contribution is -2.38. The maximum atomic E-state index is 12.5. The van der Waals surface area contributed by atoms with E-state index in [0.717, 1.165) is 0 Å². The third-order valence-corrected chi connectivity index (χ3v) is 4.66. The number of sulfonamides is 1. The standard InChI is InChI=1S/C14H19NO3S/c1-12(2)11-18-14-9-6-10-15(14)19(16,17)13-7-4-3-5-8-13/h3-9,12,14H,10-11H2,1-2H3. The van der Waals surface area contributed by atoms with Crippen molar-refractivity contribution in [3.63, 3.8) is 0 Å². The van der Waals surface area contributed by atoms with Crippen LogP contribution in [0, 0.1) is 5.92 Å². The third-order valence-electron chi connectivity index (χ3n) is 2.82. The number of nitrogens with zero attached hydrogens (tertiary/aromatic N) is 1. The van der Waals surface area contributed by atoms with Gasteiger partial charge in [-0.05, 0) is 24.1 Å². The highest BCUT2D eigenvalue weighted by Gasteiger charge is 2.32. The van der Waals surface area contributed by atoms with Gasteiger partial charge in [0.25, 0.3) is 0 Å². The van der Waals surface area contributed by atoms with Crippen molar-refractivity contribution in [2.24, 2.45) is 5.92 Å². The first-order chi connectivity index (χ1) is 9.01. The van der Waals surface area contributed by atoms with Crippen molar-refractivity contribution in [2.45, 2.75) is 25.0 Å². The highest BCUT2D eigenvalue weighted by atomic mass is 32.2. The molecule has 0 bridgehead atoms. The van der Waals surface area contributed by atoms with Gasteiger partial charge in [0.05, 0.1) is 11.5 Å². The van der Waals surface area contributed by atoms with Crippen molar-refractivity contribution in [3.8, 4) is 0 Å². The number of rotatable bonds is 5. The van der Waals surface area contributed by atoms with Crippen LogP contribution in [0.2, 0.25) is 0 Å². The zero-order valence-corrected chi connectivity index (χ0v) is 12.0. The minimum Gasteiger partial charge on any atom is -0.358 e. The maximum absolute atomic E-state index is 12.5. The molecule has 1 aromatic carbocycles. The van der Waals surface area contributed by atoms with Crippen LogP contribution in [0.15, 0.2) is 47.4 Å². The zero-order chi connectivity index (χ0) is 13.9. The predicted octanol–water partition coefficient (Wildman–Crippen LogP) is 2.25. The fraction of sp³-hybridized carbons (Fsp3) is 0.429. The summed E-state index contributed by atoms with van der Waals surface area (Å²) in [4.78, 5) is 0.303. The average Bonchev–Trinajstić information content (AvgIpc) is 2.86. The van der Waals surface area contributed by atoms with Crippen LogP contribution in [-0.2, 0) is 14.8 Å². The van der Waals surface area contributed by atoms with E-state index in [4.69, 9.17) is 4.74 Å². The van der Waals surface area contributed by atoms with E-state index in [0.29, 0.717) is 24.0 Å². The van der Waals surface area contributed by atoms with E-state index in [1.807, 2.05) is 19.9 Å². The van der Waals surface area contributed by atoms with Crippen molar-refractivity contribution in [2.75, 3.05) is 13.2 Å². The van der Waals surface area contributed by atoms with Crippen LogP contribution in [0.3, 0.4) is 0 Å². The summed E-state index contributed by atoms with van der Waals surface area (Å²) in [6, 6.07) is 8.45. The smallest absolute Gasteiger partial charge is 0.245 e. The van der Waals surface area contributed by atoms with Gasteiger partial charge >= 0.3 is 0 Å². The number of hydrogen-bond donors (Lipinski definition) is 0. The summed E-state index contributed by atoms with van der Waals surface area (Å²) in [5, 5.41) is 0. The van der Waals surface area contributed by atoms with Crippen LogP contribution in [0.1, 0.15) is 13.8 Å². The van der Waals surface area contributed by atoms with Crippen LogP contribution >= 0.6 is 0 Å².